The molecule has 27 heavy (non-hydrogen) atoms. The van der Waals surface area contributed by atoms with Crippen LogP contribution in [0.5, 0.6) is 0 Å². The average Bonchev–Trinajstić information content (AvgIpc) is 3.09. The van der Waals surface area contributed by atoms with E-state index in [1.807, 2.05) is 12.1 Å². The van der Waals surface area contributed by atoms with Crippen molar-refractivity contribution in [3.8, 4) is 34.4 Å². The molecule has 0 spiro atoms. The van der Waals surface area contributed by atoms with E-state index in [4.69, 9.17) is 10.5 Å². The van der Waals surface area contributed by atoms with E-state index in [0.29, 0.717) is 33.6 Å². The largest absolute Gasteiger partial charge is 0.338 e. The minimum absolute atomic E-state index is 0.117. The Labute approximate surface area is 156 Å². The molecule has 0 saturated heterocycles. The lowest BCUT2D eigenvalue weighted by molar-refractivity contribution is -0.382. The molecule has 2 aromatic carbocycles. The number of hydrogen-bond acceptors (Lipinski definition) is 7. The quantitative estimate of drug-likeness (QED) is 0.481. The van der Waals surface area contributed by atoms with Gasteiger partial charge in [-0.05, 0) is 35.4 Å². The Morgan fingerprint density at radius 1 is 0.704 bits per heavy atom. The summed E-state index contributed by atoms with van der Waals surface area (Å²) in [5.41, 5.74) is 1.75. The van der Waals surface area contributed by atoms with Crippen LogP contribution < -0.4 is 0 Å². The first-order valence-electron chi connectivity index (χ1n) is 7.43. The Kier molecular flexibility index (Phi) is 4.62. The van der Waals surface area contributed by atoms with E-state index >= 15 is 0 Å². The van der Waals surface area contributed by atoms with Crippen molar-refractivity contribution in [2.75, 3.05) is 0 Å². The van der Waals surface area contributed by atoms with Crippen LogP contribution in [0.3, 0.4) is 0 Å². The molecular weight excluding hydrogens is 368 g/mol. The number of benzene rings is 2. The number of nitrogens with zero attached hydrogens (tertiary/aromatic N) is 4. The summed E-state index contributed by atoms with van der Waals surface area (Å²) in [5, 5.41) is 40.2. The van der Waals surface area contributed by atoms with E-state index < -0.39 is 9.85 Å². The minimum Gasteiger partial charge on any atom is -0.258 e. The molecule has 0 aliphatic carbocycles. The molecule has 3 rings (SSSR count). The lowest BCUT2D eigenvalue weighted by Crippen LogP contribution is -1.91. The van der Waals surface area contributed by atoms with Crippen LogP contribution in [0, 0.1) is 42.9 Å². The van der Waals surface area contributed by atoms with Crippen molar-refractivity contribution in [3.63, 3.8) is 0 Å². The summed E-state index contributed by atoms with van der Waals surface area (Å²) in [7, 11) is 0. The second kappa shape index (κ2) is 7.04. The first-order valence-corrected chi connectivity index (χ1v) is 8.24. The maximum atomic E-state index is 11.5. The van der Waals surface area contributed by atoms with Gasteiger partial charge in [0.15, 0.2) is 0 Å². The van der Waals surface area contributed by atoms with Crippen molar-refractivity contribution in [2.45, 2.75) is 0 Å². The van der Waals surface area contributed by atoms with Gasteiger partial charge in [-0.25, -0.2) is 0 Å². The molecule has 9 heteroatoms. The third-order valence-corrected chi connectivity index (χ3v) is 4.90. The second-order valence-corrected chi connectivity index (χ2v) is 6.33. The molecule has 0 atom stereocenters. The molecule has 3 aromatic rings. The summed E-state index contributed by atoms with van der Waals surface area (Å²) in [5.74, 6) is 0. The maximum absolute atomic E-state index is 11.5. The fourth-order valence-corrected chi connectivity index (χ4v) is 3.60. The molecule has 0 N–H and O–H groups in total. The zero-order chi connectivity index (χ0) is 19.6. The Morgan fingerprint density at radius 2 is 1.04 bits per heavy atom. The summed E-state index contributed by atoms with van der Waals surface area (Å²) < 4.78 is 0. The van der Waals surface area contributed by atoms with Crippen molar-refractivity contribution in [1.82, 2.24) is 0 Å². The lowest BCUT2D eigenvalue weighted by atomic mass is 9.96. The van der Waals surface area contributed by atoms with Crippen molar-refractivity contribution in [3.05, 3.63) is 79.9 Å². The maximum Gasteiger partial charge on any atom is 0.338 e. The van der Waals surface area contributed by atoms with Gasteiger partial charge in [-0.3, -0.25) is 20.2 Å². The SMILES string of the molecule is N#Cc1ccc(-c2c([N+](=O)[O-])sc([N+](=O)[O-])c2-c2ccc(C#N)cc2)cc1. The minimum atomic E-state index is -0.654. The van der Waals surface area contributed by atoms with E-state index in [2.05, 4.69) is 0 Å². The van der Waals surface area contributed by atoms with Crippen LogP contribution in [0.15, 0.2) is 48.5 Å². The normalized spacial score (nSPS) is 10.0. The summed E-state index contributed by atoms with van der Waals surface area (Å²) >= 11 is 0.484. The molecule has 0 bridgehead atoms. The molecule has 130 valence electrons. The van der Waals surface area contributed by atoms with Crippen LogP contribution in [0.25, 0.3) is 22.3 Å². The van der Waals surface area contributed by atoms with Gasteiger partial charge in [-0.1, -0.05) is 24.3 Å². The van der Waals surface area contributed by atoms with E-state index in [1.54, 1.807) is 0 Å². The van der Waals surface area contributed by atoms with Crippen LogP contribution in [-0.2, 0) is 0 Å². The standard InChI is InChI=1S/C18H8N4O4S/c19-9-11-1-5-13(6-2-11)15-16(14-7-3-12(10-20)4-8-14)18(22(25)26)27-17(15)21(23)24/h1-8H. The summed E-state index contributed by atoms with van der Waals surface area (Å²) in [6.45, 7) is 0. The highest BCUT2D eigenvalue weighted by Gasteiger charge is 2.34. The van der Waals surface area contributed by atoms with Gasteiger partial charge in [-0.2, -0.15) is 10.5 Å². The zero-order valence-corrected chi connectivity index (χ0v) is 14.3. The summed E-state index contributed by atoms with van der Waals surface area (Å²) in [4.78, 5) is 21.8. The van der Waals surface area contributed by atoms with Crippen LogP contribution >= 0.6 is 11.3 Å². The zero-order valence-electron chi connectivity index (χ0n) is 13.4. The molecule has 0 unspecified atom stereocenters. The Bertz CT molecular complexity index is 1050. The van der Waals surface area contributed by atoms with Gasteiger partial charge in [0.2, 0.25) is 0 Å². The average molecular weight is 376 g/mol. The molecule has 0 saturated carbocycles. The monoisotopic (exact) mass is 376 g/mol. The second-order valence-electron chi connectivity index (χ2n) is 5.35. The number of thiophene rings is 1. The van der Waals surface area contributed by atoms with Gasteiger partial charge in [0.25, 0.3) is 0 Å². The van der Waals surface area contributed by atoms with Crippen LogP contribution in [0.4, 0.5) is 10.0 Å². The number of rotatable bonds is 4. The number of nitro groups is 2. The van der Waals surface area contributed by atoms with E-state index in [1.165, 1.54) is 48.5 Å². The molecule has 8 nitrogen and oxygen atoms in total. The van der Waals surface area contributed by atoms with Crippen LogP contribution in [0.2, 0.25) is 0 Å². The van der Waals surface area contributed by atoms with E-state index in [0.717, 1.165) is 0 Å². The van der Waals surface area contributed by atoms with Crippen molar-refractivity contribution >= 4 is 21.3 Å². The first-order chi connectivity index (χ1) is 13.0. The third kappa shape index (κ3) is 3.23. The van der Waals surface area contributed by atoms with Crippen molar-refractivity contribution < 1.29 is 9.85 Å². The third-order valence-electron chi connectivity index (χ3n) is 3.81. The van der Waals surface area contributed by atoms with Gasteiger partial charge >= 0.3 is 10.0 Å². The van der Waals surface area contributed by atoms with Crippen LogP contribution in [0.1, 0.15) is 11.1 Å². The molecule has 0 aliphatic rings. The van der Waals surface area contributed by atoms with Gasteiger partial charge in [0.05, 0.1) is 44.2 Å². The number of hydrogen-bond donors (Lipinski definition) is 0. The molecule has 0 fully saturated rings. The van der Waals surface area contributed by atoms with Gasteiger partial charge in [0, 0.05) is 11.3 Å². The highest BCUT2D eigenvalue weighted by Crippen LogP contribution is 2.51. The first kappa shape index (κ1) is 17.7. The molecule has 1 heterocycles. The molecule has 0 amide bonds. The topological polar surface area (TPSA) is 134 Å². The fourth-order valence-electron chi connectivity index (χ4n) is 2.62. The Balaban J connectivity index is 2.34. The molecular formula is C18H8N4O4S. The van der Waals surface area contributed by atoms with Gasteiger partial charge < -0.3 is 0 Å². The van der Waals surface area contributed by atoms with E-state index in [9.17, 15) is 20.2 Å². The van der Waals surface area contributed by atoms with Gasteiger partial charge in [0.1, 0.15) is 0 Å². The van der Waals surface area contributed by atoms with Crippen LogP contribution in [-0.4, -0.2) is 9.85 Å². The van der Waals surface area contributed by atoms with Crippen molar-refractivity contribution in [2.24, 2.45) is 0 Å². The summed E-state index contributed by atoms with van der Waals surface area (Å²) in [6.07, 6.45) is 0. The highest BCUT2D eigenvalue weighted by atomic mass is 32.1. The Morgan fingerprint density at radius 3 is 1.30 bits per heavy atom. The molecule has 1 aromatic heterocycles. The molecule has 0 radical (unpaired) electrons. The smallest absolute Gasteiger partial charge is 0.258 e. The fraction of sp³-hybridized carbons (Fsp3) is 0. The predicted octanol–water partition coefficient (Wildman–Crippen LogP) is 4.64. The van der Waals surface area contributed by atoms with E-state index in [-0.39, 0.29) is 21.1 Å². The summed E-state index contributed by atoms with van der Waals surface area (Å²) in [6, 6.07) is 15.9. The number of nitriles is 2. The molecule has 0 aliphatic heterocycles. The van der Waals surface area contributed by atoms with Gasteiger partial charge in [-0.15, -0.1) is 0 Å². The Hall–Kier alpha value is -4.08. The van der Waals surface area contributed by atoms with Crippen molar-refractivity contribution in [1.29, 1.82) is 10.5 Å². The predicted molar refractivity (Wildman–Crippen MR) is 97.9 cm³/mol. The highest BCUT2D eigenvalue weighted by molar-refractivity contribution is 7.19. The lowest BCUT2D eigenvalue weighted by Gasteiger charge is -2.05.